The van der Waals surface area contributed by atoms with Gasteiger partial charge in [-0.1, -0.05) is 52.2 Å². The molecule has 4 heteroatoms. The molecule has 0 aliphatic rings. The monoisotopic (exact) mass is 456 g/mol. The number of phenols is 2. The van der Waals surface area contributed by atoms with Crippen molar-refractivity contribution in [2.24, 2.45) is 0 Å². The van der Waals surface area contributed by atoms with Crippen LogP contribution in [-0.2, 0) is 11.2 Å². The molecule has 4 nitrogen and oxygen atoms in total. The van der Waals surface area contributed by atoms with Crippen LogP contribution >= 0.6 is 0 Å². The van der Waals surface area contributed by atoms with E-state index in [1.54, 1.807) is 18.2 Å². The summed E-state index contributed by atoms with van der Waals surface area (Å²) in [5.74, 6) is 0.0615. The highest BCUT2D eigenvalue weighted by Crippen LogP contribution is 2.32. The third-order valence-corrected chi connectivity index (χ3v) is 6.54. The molecule has 0 saturated carbocycles. The molecule has 0 amide bonds. The zero-order valence-electron chi connectivity index (χ0n) is 21.8. The van der Waals surface area contributed by atoms with Gasteiger partial charge in [0.2, 0.25) is 0 Å². The van der Waals surface area contributed by atoms with Gasteiger partial charge in [0.1, 0.15) is 23.2 Å². The smallest absolute Gasteiger partial charge is 0.342 e. The molecule has 0 radical (unpaired) electrons. The first kappa shape index (κ1) is 28.5. The lowest BCUT2D eigenvalue weighted by atomic mass is 9.91. The van der Waals surface area contributed by atoms with Gasteiger partial charge in [0.15, 0.2) is 0 Å². The Balaban J connectivity index is 0.000000335. The van der Waals surface area contributed by atoms with Gasteiger partial charge in [0.05, 0.1) is 0 Å². The average molecular weight is 457 g/mol. The molecule has 0 saturated heterocycles. The lowest BCUT2D eigenvalue weighted by Gasteiger charge is -2.16. The van der Waals surface area contributed by atoms with Gasteiger partial charge in [-0.2, -0.15) is 0 Å². The van der Waals surface area contributed by atoms with E-state index in [9.17, 15) is 15.0 Å². The number of benzene rings is 2. The fourth-order valence-corrected chi connectivity index (χ4v) is 3.86. The predicted octanol–water partition coefficient (Wildman–Crippen LogP) is 7.88. The molecule has 0 aliphatic carbocycles. The summed E-state index contributed by atoms with van der Waals surface area (Å²) in [4.78, 5) is 11.9. The largest absolute Gasteiger partial charge is 0.507 e. The van der Waals surface area contributed by atoms with E-state index in [0.717, 1.165) is 56.1 Å². The van der Waals surface area contributed by atoms with Crippen LogP contribution in [0, 0.1) is 27.7 Å². The number of ether oxygens (including phenoxy) is 1. The summed E-state index contributed by atoms with van der Waals surface area (Å²) < 4.78 is 5.41. The molecular formula is C29H44O4. The van der Waals surface area contributed by atoms with E-state index in [-0.39, 0.29) is 17.4 Å². The van der Waals surface area contributed by atoms with Gasteiger partial charge in [-0.15, -0.1) is 0 Å². The molecule has 2 aromatic carbocycles. The molecule has 1 atom stereocenters. The summed E-state index contributed by atoms with van der Waals surface area (Å²) >= 11 is 0. The first-order valence-electron chi connectivity index (χ1n) is 12.5. The first-order valence-corrected chi connectivity index (χ1v) is 12.5. The molecule has 184 valence electrons. The third kappa shape index (κ3) is 8.42. The van der Waals surface area contributed by atoms with Gasteiger partial charge in [0.25, 0.3) is 0 Å². The van der Waals surface area contributed by atoms with Gasteiger partial charge in [0, 0.05) is 0 Å². The Labute approximate surface area is 201 Å². The highest BCUT2D eigenvalue weighted by atomic mass is 16.5. The summed E-state index contributed by atoms with van der Waals surface area (Å²) in [7, 11) is 0. The van der Waals surface area contributed by atoms with E-state index >= 15 is 0 Å². The molecule has 0 aliphatic heterocycles. The summed E-state index contributed by atoms with van der Waals surface area (Å²) in [5, 5.41) is 19.7. The minimum atomic E-state index is -0.434. The van der Waals surface area contributed by atoms with Crippen molar-refractivity contribution in [3.8, 4) is 11.5 Å². The van der Waals surface area contributed by atoms with Crippen LogP contribution < -0.4 is 0 Å². The Kier molecular flexibility index (Phi) is 12.6. The summed E-state index contributed by atoms with van der Waals surface area (Å²) in [5.41, 5.74) is 6.26. The van der Waals surface area contributed by atoms with Crippen LogP contribution in [0.5, 0.6) is 11.5 Å². The van der Waals surface area contributed by atoms with E-state index in [1.807, 2.05) is 13.8 Å². The van der Waals surface area contributed by atoms with Gasteiger partial charge in [-0.25, -0.2) is 4.79 Å². The van der Waals surface area contributed by atoms with Gasteiger partial charge in [-0.3, -0.25) is 0 Å². The quantitative estimate of drug-likeness (QED) is 0.282. The van der Waals surface area contributed by atoms with Crippen molar-refractivity contribution < 1.29 is 19.7 Å². The second-order valence-electron chi connectivity index (χ2n) is 8.88. The van der Waals surface area contributed by atoms with Crippen LogP contribution in [0.1, 0.15) is 104 Å². The average Bonchev–Trinajstić information content (AvgIpc) is 2.81. The van der Waals surface area contributed by atoms with Gasteiger partial charge < -0.3 is 14.9 Å². The highest BCUT2D eigenvalue weighted by Gasteiger charge is 2.17. The number of carbonyl (C=O) groups excluding carboxylic acids is 1. The van der Waals surface area contributed by atoms with Gasteiger partial charge >= 0.3 is 5.97 Å². The standard InChI is InChI=1S/C15H22O3.C14H22O/c1-3-5-6-9-12(4-2)18-15(17)13-10-7-8-11-14(13)16;1-6-7-8-13-11(4)9(2)10(3)12(5)14(13)15/h7-8,10-12,16H,3-6,9H2,1-2H3;15H,6-8H2,1-5H3. The van der Waals surface area contributed by atoms with E-state index in [4.69, 9.17) is 4.74 Å². The number of hydrogen-bond acceptors (Lipinski definition) is 4. The minimum absolute atomic E-state index is 0.0223. The number of aromatic hydroxyl groups is 2. The fraction of sp³-hybridized carbons (Fsp3) is 0.552. The lowest BCUT2D eigenvalue weighted by Crippen LogP contribution is -2.17. The van der Waals surface area contributed by atoms with Crippen LogP contribution in [-0.4, -0.2) is 22.3 Å². The van der Waals surface area contributed by atoms with Crippen molar-refractivity contribution in [3.63, 3.8) is 0 Å². The highest BCUT2D eigenvalue weighted by molar-refractivity contribution is 5.92. The summed E-state index contributed by atoms with van der Waals surface area (Å²) in [6, 6.07) is 6.48. The molecule has 2 N–H and O–H groups in total. The van der Waals surface area contributed by atoms with Crippen molar-refractivity contribution in [2.75, 3.05) is 0 Å². The topological polar surface area (TPSA) is 66.8 Å². The molecule has 0 heterocycles. The van der Waals surface area contributed by atoms with Gasteiger partial charge in [-0.05, 0) is 99.7 Å². The fourth-order valence-electron chi connectivity index (χ4n) is 3.86. The Morgan fingerprint density at radius 2 is 1.45 bits per heavy atom. The van der Waals surface area contributed by atoms with E-state index in [1.165, 1.54) is 29.2 Å². The minimum Gasteiger partial charge on any atom is -0.507 e. The van der Waals surface area contributed by atoms with Crippen LogP contribution in [0.15, 0.2) is 24.3 Å². The predicted molar refractivity (Wildman–Crippen MR) is 137 cm³/mol. The zero-order chi connectivity index (χ0) is 25.0. The van der Waals surface area contributed by atoms with Crippen LogP contribution in [0.4, 0.5) is 0 Å². The number of carbonyl (C=O) groups is 1. The Hall–Kier alpha value is -2.49. The second kappa shape index (κ2) is 14.6. The Morgan fingerprint density at radius 3 is 2.03 bits per heavy atom. The van der Waals surface area contributed by atoms with Crippen LogP contribution in [0.25, 0.3) is 0 Å². The van der Waals surface area contributed by atoms with Crippen molar-refractivity contribution in [1.82, 2.24) is 0 Å². The van der Waals surface area contributed by atoms with Crippen molar-refractivity contribution in [3.05, 3.63) is 57.6 Å². The number of rotatable bonds is 10. The van der Waals surface area contributed by atoms with E-state index < -0.39 is 5.97 Å². The molecule has 0 fully saturated rings. The molecule has 0 spiro atoms. The first-order chi connectivity index (χ1) is 15.7. The lowest BCUT2D eigenvalue weighted by molar-refractivity contribution is 0.0264. The van der Waals surface area contributed by atoms with Crippen LogP contribution in [0.2, 0.25) is 0 Å². The molecule has 2 rings (SSSR count). The number of para-hydroxylation sites is 1. The molecular weight excluding hydrogens is 412 g/mol. The molecule has 1 unspecified atom stereocenters. The van der Waals surface area contributed by atoms with Crippen molar-refractivity contribution in [2.45, 2.75) is 106 Å². The number of esters is 1. The molecule has 2 aromatic rings. The maximum absolute atomic E-state index is 11.9. The zero-order valence-corrected chi connectivity index (χ0v) is 21.8. The van der Waals surface area contributed by atoms with E-state index in [0.29, 0.717) is 5.75 Å². The summed E-state index contributed by atoms with van der Waals surface area (Å²) in [6.45, 7) is 14.7. The Morgan fingerprint density at radius 1 is 0.848 bits per heavy atom. The molecule has 0 aromatic heterocycles. The molecule has 33 heavy (non-hydrogen) atoms. The second-order valence-corrected chi connectivity index (χ2v) is 8.88. The van der Waals surface area contributed by atoms with Crippen LogP contribution in [0.3, 0.4) is 0 Å². The Bertz CT molecular complexity index is 856. The van der Waals surface area contributed by atoms with Crippen molar-refractivity contribution in [1.29, 1.82) is 0 Å². The summed E-state index contributed by atoms with van der Waals surface area (Å²) in [6.07, 6.45) is 8.35. The number of phenolic OH excluding ortho intramolecular Hbond substituents is 2. The SMILES string of the molecule is CCCCCC(CC)OC(=O)c1ccccc1O.CCCCc1c(C)c(C)c(C)c(C)c1O. The maximum atomic E-state index is 11.9. The molecule has 0 bridgehead atoms. The van der Waals surface area contributed by atoms with E-state index in [2.05, 4.69) is 34.6 Å². The van der Waals surface area contributed by atoms with Crippen molar-refractivity contribution >= 4 is 5.97 Å². The normalized spacial score (nSPS) is 11.5. The third-order valence-electron chi connectivity index (χ3n) is 6.54. The maximum Gasteiger partial charge on any atom is 0.342 e. The number of hydrogen-bond donors (Lipinski definition) is 2. The number of unbranched alkanes of at least 4 members (excludes halogenated alkanes) is 3.